The van der Waals surface area contributed by atoms with E-state index < -0.39 is 21.6 Å². The van der Waals surface area contributed by atoms with Crippen molar-refractivity contribution in [1.29, 1.82) is 0 Å². The molecule has 1 rings (SSSR count). The van der Waals surface area contributed by atoms with Crippen LogP contribution in [-0.2, 0) is 5.38 Å². The van der Waals surface area contributed by atoms with Crippen LogP contribution in [0.3, 0.4) is 0 Å². The first-order chi connectivity index (χ1) is 5.93. The summed E-state index contributed by atoms with van der Waals surface area (Å²) < 4.78 is 25.1. The SMILES string of the molecule is O=[N+]([O-])c1ccccc1C(F)(F)Cl. The Morgan fingerprint density at radius 3 is 2.31 bits per heavy atom. The van der Waals surface area contributed by atoms with Crippen molar-refractivity contribution >= 4 is 17.3 Å². The fourth-order valence-corrected chi connectivity index (χ4v) is 1.03. The van der Waals surface area contributed by atoms with Gasteiger partial charge in [-0.2, -0.15) is 8.78 Å². The van der Waals surface area contributed by atoms with Crippen LogP contribution >= 0.6 is 11.6 Å². The molecule has 3 nitrogen and oxygen atoms in total. The molecule has 0 fully saturated rings. The van der Waals surface area contributed by atoms with Gasteiger partial charge in [-0.15, -0.1) is 0 Å². The molecule has 0 amide bonds. The standard InChI is InChI=1S/C7H4ClF2NO2/c8-7(9,10)5-3-1-2-4-6(5)11(12)13/h1-4H. The van der Waals surface area contributed by atoms with Gasteiger partial charge in [0.2, 0.25) is 0 Å². The summed E-state index contributed by atoms with van der Waals surface area (Å²) in [4.78, 5) is 9.38. The van der Waals surface area contributed by atoms with Crippen LogP contribution < -0.4 is 0 Å². The van der Waals surface area contributed by atoms with Crippen molar-refractivity contribution in [1.82, 2.24) is 0 Å². The zero-order chi connectivity index (χ0) is 10.1. The molecule has 1 aromatic carbocycles. The predicted octanol–water partition coefficient (Wildman–Crippen LogP) is 2.88. The number of hydrogen-bond acceptors (Lipinski definition) is 2. The highest BCUT2D eigenvalue weighted by molar-refractivity contribution is 6.22. The van der Waals surface area contributed by atoms with Crippen molar-refractivity contribution in [3.63, 3.8) is 0 Å². The summed E-state index contributed by atoms with van der Waals surface area (Å²) in [5, 5.41) is 6.58. The molecule has 0 spiro atoms. The third-order valence-corrected chi connectivity index (χ3v) is 1.61. The second-order valence-electron chi connectivity index (χ2n) is 2.27. The molecular weight excluding hydrogens is 204 g/mol. The van der Waals surface area contributed by atoms with E-state index in [1.165, 1.54) is 12.1 Å². The molecule has 0 aliphatic rings. The predicted molar refractivity (Wildman–Crippen MR) is 42.8 cm³/mol. The average molecular weight is 208 g/mol. The molecule has 6 heteroatoms. The van der Waals surface area contributed by atoms with Gasteiger partial charge in [-0.1, -0.05) is 12.1 Å². The first kappa shape index (κ1) is 9.85. The fraction of sp³-hybridized carbons (Fsp3) is 0.143. The highest BCUT2D eigenvalue weighted by Gasteiger charge is 2.35. The highest BCUT2D eigenvalue weighted by atomic mass is 35.5. The van der Waals surface area contributed by atoms with Gasteiger partial charge in [-0.25, -0.2) is 0 Å². The monoisotopic (exact) mass is 207 g/mol. The maximum absolute atomic E-state index is 12.5. The molecule has 0 aromatic heterocycles. The lowest BCUT2D eigenvalue weighted by Gasteiger charge is -2.07. The smallest absolute Gasteiger partial charge is 0.258 e. The third-order valence-electron chi connectivity index (χ3n) is 1.41. The van der Waals surface area contributed by atoms with Crippen LogP contribution in [0.1, 0.15) is 5.56 Å². The lowest BCUT2D eigenvalue weighted by Crippen LogP contribution is -2.06. The Labute approximate surface area is 77.1 Å². The van der Waals surface area contributed by atoms with Crippen molar-refractivity contribution in [2.45, 2.75) is 5.38 Å². The first-order valence-corrected chi connectivity index (χ1v) is 3.61. The Morgan fingerprint density at radius 1 is 1.38 bits per heavy atom. The highest BCUT2D eigenvalue weighted by Crippen LogP contribution is 2.37. The molecule has 0 radical (unpaired) electrons. The molecule has 0 heterocycles. The zero-order valence-corrected chi connectivity index (χ0v) is 6.96. The van der Waals surface area contributed by atoms with Gasteiger partial charge in [0, 0.05) is 6.07 Å². The van der Waals surface area contributed by atoms with E-state index in [4.69, 9.17) is 0 Å². The van der Waals surface area contributed by atoms with Gasteiger partial charge in [-0.3, -0.25) is 10.1 Å². The Morgan fingerprint density at radius 2 is 1.92 bits per heavy atom. The maximum atomic E-state index is 12.5. The van der Waals surface area contributed by atoms with E-state index in [-0.39, 0.29) is 0 Å². The molecule has 13 heavy (non-hydrogen) atoms. The molecule has 0 saturated carbocycles. The maximum Gasteiger partial charge on any atom is 0.354 e. The van der Waals surface area contributed by atoms with E-state index in [0.717, 1.165) is 12.1 Å². The van der Waals surface area contributed by atoms with Crippen molar-refractivity contribution < 1.29 is 13.7 Å². The molecule has 0 N–H and O–H groups in total. The van der Waals surface area contributed by atoms with E-state index in [0.29, 0.717) is 0 Å². The largest absolute Gasteiger partial charge is 0.354 e. The zero-order valence-electron chi connectivity index (χ0n) is 6.21. The summed E-state index contributed by atoms with van der Waals surface area (Å²) in [6.07, 6.45) is 0. The van der Waals surface area contributed by atoms with Gasteiger partial charge >= 0.3 is 5.38 Å². The van der Waals surface area contributed by atoms with Crippen molar-refractivity contribution in [3.8, 4) is 0 Å². The Kier molecular flexibility index (Phi) is 2.47. The number of alkyl halides is 3. The minimum atomic E-state index is -3.70. The number of nitrogens with zero attached hydrogens (tertiary/aromatic N) is 1. The van der Waals surface area contributed by atoms with Crippen LogP contribution in [-0.4, -0.2) is 4.92 Å². The van der Waals surface area contributed by atoms with Crippen LogP contribution in [0, 0.1) is 10.1 Å². The molecule has 0 bridgehead atoms. The van der Waals surface area contributed by atoms with Gasteiger partial charge in [0.1, 0.15) is 5.56 Å². The van der Waals surface area contributed by atoms with Crippen molar-refractivity contribution in [3.05, 3.63) is 39.9 Å². The second kappa shape index (κ2) is 3.26. The molecule has 0 unspecified atom stereocenters. The Hall–Kier alpha value is -1.23. The van der Waals surface area contributed by atoms with E-state index >= 15 is 0 Å². The van der Waals surface area contributed by atoms with E-state index in [1.54, 1.807) is 0 Å². The summed E-state index contributed by atoms with van der Waals surface area (Å²) in [6, 6.07) is 4.46. The van der Waals surface area contributed by atoms with Crippen LogP contribution in [0.4, 0.5) is 14.5 Å². The molecule has 0 aliphatic carbocycles. The molecule has 0 aliphatic heterocycles. The van der Waals surface area contributed by atoms with Gasteiger partial charge < -0.3 is 0 Å². The van der Waals surface area contributed by atoms with E-state index in [2.05, 4.69) is 11.6 Å². The summed E-state index contributed by atoms with van der Waals surface area (Å²) in [5.41, 5.74) is -1.47. The number of para-hydroxylation sites is 1. The van der Waals surface area contributed by atoms with Gasteiger partial charge in [-0.05, 0) is 17.7 Å². The number of rotatable bonds is 2. The Bertz CT molecular complexity index is 338. The number of benzene rings is 1. The van der Waals surface area contributed by atoms with Gasteiger partial charge in [0.25, 0.3) is 5.69 Å². The summed E-state index contributed by atoms with van der Waals surface area (Å²) in [7, 11) is 0. The quantitative estimate of drug-likeness (QED) is 0.425. The van der Waals surface area contributed by atoms with Gasteiger partial charge in [0.15, 0.2) is 0 Å². The minimum absolute atomic E-state index is 0.678. The van der Waals surface area contributed by atoms with Crippen LogP contribution in [0.25, 0.3) is 0 Å². The number of nitro benzene ring substituents is 1. The van der Waals surface area contributed by atoms with Crippen LogP contribution in [0.5, 0.6) is 0 Å². The normalized spacial score (nSPS) is 11.3. The lowest BCUT2D eigenvalue weighted by atomic mass is 10.2. The third kappa shape index (κ3) is 2.12. The summed E-state index contributed by atoms with van der Waals surface area (Å²) in [6.45, 7) is 0. The first-order valence-electron chi connectivity index (χ1n) is 3.23. The van der Waals surface area contributed by atoms with Crippen molar-refractivity contribution in [2.24, 2.45) is 0 Å². The molecule has 0 atom stereocenters. The van der Waals surface area contributed by atoms with Crippen LogP contribution in [0.15, 0.2) is 24.3 Å². The molecule has 70 valence electrons. The summed E-state index contributed by atoms with van der Waals surface area (Å²) >= 11 is 4.67. The number of halogens is 3. The Balaban J connectivity index is 3.28. The van der Waals surface area contributed by atoms with Crippen LogP contribution in [0.2, 0.25) is 0 Å². The topological polar surface area (TPSA) is 43.1 Å². The fourth-order valence-electron chi connectivity index (χ4n) is 0.873. The number of nitro groups is 1. The number of hydrogen-bond donors (Lipinski definition) is 0. The lowest BCUT2D eigenvalue weighted by molar-refractivity contribution is -0.386. The molecule has 0 saturated heterocycles. The van der Waals surface area contributed by atoms with E-state index in [1.807, 2.05) is 0 Å². The molecular formula is C7H4ClF2NO2. The van der Waals surface area contributed by atoms with Gasteiger partial charge in [0.05, 0.1) is 4.92 Å². The van der Waals surface area contributed by atoms with E-state index in [9.17, 15) is 18.9 Å². The minimum Gasteiger partial charge on any atom is -0.258 e. The summed E-state index contributed by atoms with van der Waals surface area (Å²) in [5.74, 6) is 0. The average Bonchev–Trinajstić information content (AvgIpc) is 2.03. The second-order valence-corrected chi connectivity index (χ2v) is 2.75. The molecule has 1 aromatic rings. The van der Waals surface area contributed by atoms with Crippen molar-refractivity contribution in [2.75, 3.05) is 0 Å².